The number of nitrogens with one attached hydrogen (secondary N) is 2. The smallest absolute Gasteiger partial charge is 0.241 e. The second kappa shape index (κ2) is 7.67. The van der Waals surface area contributed by atoms with Crippen LogP contribution in [-0.4, -0.2) is 24.2 Å². The molecule has 1 fully saturated rings. The largest absolute Gasteiger partial charge is 0.325 e. The van der Waals surface area contributed by atoms with E-state index in [9.17, 15) is 4.79 Å². The lowest BCUT2D eigenvalue weighted by molar-refractivity contribution is -0.117. The van der Waals surface area contributed by atoms with Gasteiger partial charge < -0.3 is 10.6 Å². The number of amides is 1. The van der Waals surface area contributed by atoms with Crippen LogP contribution in [0, 0.1) is 0 Å². The number of thioether (sulfide) groups is 1. The van der Waals surface area contributed by atoms with Crippen LogP contribution in [0.5, 0.6) is 0 Å². The van der Waals surface area contributed by atoms with Crippen molar-refractivity contribution in [2.45, 2.75) is 30.7 Å². The van der Waals surface area contributed by atoms with Crippen LogP contribution >= 0.6 is 24.2 Å². The summed E-state index contributed by atoms with van der Waals surface area (Å²) in [4.78, 5) is 13.1. The lowest BCUT2D eigenvalue weighted by Gasteiger charge is -2.11. The zero-order valence-corrected chi connectivity index (χ0v) is 12.1. The number of benzene rings is 1. The summed E-state index contributed by atoms with van der Waals surface area (Å²) in [6.07, 6.45) is 2.03. The number of hydrogen-bond acceptors (Lipinski definition) is 3. The minimum atomic E-state index is -0.0162. The van der Waals surface area contributed by atoms with Crippen LogP contribution in [0.4, 0.5) is 5.69 Å². The molecule has 1 aliphatic rings. The standard InChI is InChI=1S/C13H18N2OS.ClH/c1-2-17-11-6-3-5-10(9-11)15-13(16)12-7-4-8-14-12;/h3,5-6,9,12,14H,2,4,7-8H2,1H3,(H,15,16);1H. The highest BCUT2D eigenvalue weighted by Gasteiger charge is 2.21. The average molecular weight is 287 g/mol. The van der Waals surface area contributed by atoms with Crippen molar-refractivity contribution in [3.63, 3.8) is 0 Å². The van der Waals surface area contributed by atoms with Crippen molar-refractivity contribution in [1.29, 1.82) is 0 Å². The maximum absolute atomic E-state index is 11.9. The molecule has 1 saturated heterocycles. The molecule has 1 aromatic carbocycles. The van der Waals surface area contributed by atoms with Crippen molar-refractivity contribution in [3.8, 4) is 0 Å². The molecular formula is C13H19ClN2OS. The lowest BCUT2D eigenvalue weighted by Crippen LogP contribution is -2.35. The number of anilines is 1. The van der Waals surface area contributed by atoms with Gasteiger partial charge in [-0.1, -0.05) is 13.0 Å². The molecule has 0 spiro atoms. The van der Waals surface area contributed by atoms with Crippen LogP contribution in [0.15, 0.2) is 29.2 Å². The molecule has 0 bridgehead atoms. The Morgan fingerprint density at radius 1 is 1.56 bits per heavy atom. The van der Waals surface area contributed by atoms with E-state index in [-0.39, 0.29) is 24.4 Å². The van der Waals surface area contributed by atoms with Crippen LogP contribution in [0.25, 0.3) is 0 Å². The Kier molecular flexibility index (Phi) is 6.54. The normalized spacial score (nSPS) is 18.2. The summed E-state index contributed by atoms with van der Waals surface area (Å²) in [5.41, 5.74) is 0.891. The predicted molar refractivity (Wildman–Crippen MR) is 79.7 cm³/mol. The zero-order chi connectivity index (χ0) is 12.1. The first-order chi connectivity index (χ1) is 8.29. The molecule has 0 radical (unpaired) electrons. The van der Waals surface area contributed by atoms with Crippen LogP contribution < -0.4 is 10.6 Å². The Hall–Kier alpha value is -0.710. The molecule has 1 aromatic rings. The average Bonchev–Trinajstić information content (AvgIpc) is 2.83. The van der Waals surface area contributed by atoms with Crippen molar-refractivity contribution in [2.24, 2.45) is 0 Å². The van der Waals surface area contributed by atoms with Crippen molar-refractivity contribution < 1.29 is 4.79 Å². The van der Waals surface area contributed by atoms with Gasteiger partial charge in [0.15, 0.2) is 0 Å². The van der Waals surface area contributed by atoms with Crippen molar-refractivity contribution in [2.75, 3.05) is 17.6 Å². The third kappa shape index (κ3) is 4.19. The fourth-order valence-corrected chi connectivity index (χ4v) is 2.69. The van der Waals surface area contributed by atoms with Gasteiger partial charge in [0.2, 0.25) is 5.91 Å². The fourth-order valence-electron chi connectivity index (χ4n) is 1.97. The molecule has 3 nitrogen and oxygen atoms in total. The van der Waals surface area contributed by atoms with E-state index in [1.54, 1.807) is 11.8 Å². The highest BCUT2D eigenvalue weighted by Crippen LogP contribution is 2.21. The quantitative estimate of drug-likeness (QED) is 0.836. The molecule has 100 valence electrons. The third-order valence-electron chi connectivity index (χ3n) is 2.79. The monoisotopic (exact) mass is 286 g/mol. The summed E-state index contributed by atoms with van der Waals surface area (Å²) < 4.78 is 0. The second-order valence-electron chi connectivity index (χ2n) is 4.10. The molecule has 1 aliphatic heterocycles. The summed E-state index contributed by atoms with van der Waals surface area (Å²) in [5.74, 6) is 1.13. The Balaban J connectivity index is 0.00000162. The third-order valence-corrected chi connectivity index (χ3v) is 3.67. The molecule has 0 aliphatic carbocycles. The highest BCUT2D eigenvalue weighted by molar-refractivity contribution is 7.99. The predicted octanol–water partition coefficient (Wildman–Crippen LogP) is 2.91. The molecule has 18 heavy (non-hydrogen) atoms. The molecule has 1 atom stereocenters. The van der Waals surface area contributed by atoms with Crippen molar-refractivity contribution >= 4 is 35.8 Å². The van der Waals surface area contributed by atoms with E-state index in [1.807, 2.05) is 18.2 Å². The topological polar surface area (TPSA) is 41.1 Å². The molecule has 5 heteroatoms. The number of rotatable bonds is 4. The number of carbonyl (C=O) groups excluding carboxylic acids is 1. The van der Waals surface area contributed by atoms with Gasteiger partial charge in [-0.3, -0.25) is 4.79 Å². The van der Waals surface area contributed by atoms with Crippen LogP contribution in [0.1, 0.15) is 19.8 Å². The maximum atomic E-state index is 11.9. The van der Waals surface area contributed by atoms with Crippen LogP contribution in [0.2, 0.25) is 0 Å². The van der Waals surface area contributed by atoms with Gasteiger partial charge in [-0.15, -0.1) is 24.2 Å². The molecule has 1 heterocycles. The molecule has 0 aromatic heterocycles. The number of hydrogen-bond donors (Lipinski definition) is 2. The van der Waals surface area contributed by atoms with Gasteiger partial charge >= 0.3 is 0 Å². The molecule has 1 unspecified atom stereocenters. The highest BCUT2D eigenvalue weighted by atomic mass is 35.5. The maximum Gasteiger partial charge on any atom is 0.241 e. The Morgan fingerprint density at radius 3 is 3.06 bits per heavy atom. The second-order valence-corrected chi connectivity index (χ2v) is 5.44. The van der Waals surface area contributed by atoms with E-state index in [0.717, 1.165) is 30.8 Å². The van der Waals surface area contributed by atoms with Gasteiger partial charge in [0, 0.05) is 10.6 Å². The lowest BCUT2D eigenvalue weighted by atomic mass is 10.2. The van der Waals surface area contributed by atoms with Crippen molar-refractivity contribution in [3.05, 3.63) is 24.3 Å². The van der Waals surface area contributed by atoms with E-state index in [4.69, 9.17) is 0 Å². The molecule has 0 saturated carbocycles. The van der Waals surface area contributed by atoms with Gasteiger partial charge in [0.1, 0.15) is 0 Å². The van der Waals surface area contributed by atoms with Crippen molar-refractivity contribution in [1.82, 2.24) is 5.32 Å². The molecular weight excluding hydrogens is 268 g/mol. The van der Waals surface area contributed by atoms with Gasteiger partial charge in [0.25, 0.3) is 0 Å². The Morgan fingerprint density at radius 2 is 2.39 bits per heavy atom. The van der Waals surface area contributed by atoms with Gasteiger partial charge in [-0.05, 0) is 43.3 Å². The first kappa shape index (κ1) is 15.3. The van der Waals surface area contributed by atoms with E-state index in [2.05, 4.69) is 23.6 Å². The summed E-state index contributed by atoms with van der Waals surface area (Å²) in [6.45, 7) is 3.07. The van der Waals surface area contributed by atoms with E-state index >= 15 is 0 Å². The SMILES string of the molecule is CCSc1cccc(NC(=O)C2CCCN2)c1.Cl. The minimum Gasteiger partial charge on any atom is -0.325 e. The summed E-state index contributed by atoms with van der Waals surface area (Å²) in [7, 11) is 0. The first-order valence-corrected chi connectivity index (χ1v) is 7.05. The fraction of sp³-hybridized carbons (Fsp3) is 0.462. The van der Waals surface area contributed by atoms with Crippen LogP contribution in [-0.2, 0) is 4.79 Å². The van der Waals surface area contributed by atoms with Gasteiger partial charge in [-0.2, -0.15) is 0 Å². The van der Waals surface area contributed by atoms with E-state index in [1.165, 1.54) is 4.90 Å². The summed E-state index contributed by atoms with van der Waals surface area (Å²) in [5, 5.41) is 6.17. The zero-order valence-electron chi connectivity index (χ0n) is 10.4. The molecule has 1 amide bonds. The minimum absolute atomic E-state index is 0. The van der Waals surface area contributed by atoms with E-state index in [0.29, 0.717) is 0 Å². The first-order valence-electron chi connectivity index (χ1n) is 6.06. The Bertz CT molecular complexity index is 394. The molecule has 2 rings (SSSR count). The number of carbonyl (C=O) groups is 1. The van der Waals surface area contributed by atoms with Crippen LogP contribution in [0.3, 0.4) is 0 Å². The Labute approximate surface area is 119 Å². The van der Waals surface area contributed by atoms with E-state index < -0.39 is 0 Å². The summed E-state index contributed by atoms with van der Waals surface area (Å²) >= 11 is 1.78. The summed E-state index contributed by atoms with van der Waals surface area (Å²) in [6, 6.07) is 8.00. The van der Waals surface area contributed by atoms with Gasteiger partial charge in [0.05, 0.1) is 6.04 Å². The number of halogens is 1. The van der Waals surface area contributed by atoms with Gasteiger partial charge in [-0.25, -0.2) is 0 Å². The molecule has 2 N–H and O–H groups in total.